The Morgan fingerprint density at radius 3 is 2.90 bits per heavy atom. The number of carboxylic acid groups (broad SMARTS) is 1. The number of aliphatic carboxylic acids is 1. The van der Waals surface area contributed by atoms with Gasteiger partial charge in [0.2, 0.25) is 5.91 Å². The van der Waals surface area contributed by atoms with E-state index in [1.54, 1.807) is 0 Å². The molecular formula is C13H21N3O4S. The number of rotatable bonds is 4. The lowest BCUT2D eigenvalue weighted by molar-refractivity contribution is -0.144. The SMILES string of the molecule is CCSC1CCCC1NC(=O)N1CC(=O)NCC1C(=O)O. The van der Waals surface area contributed by atoms with Crippen LogP contribution >= 0.6 is 11.8 Å². The van der Waals surface area contributed by atoms with Gasteiger partial charge in [-0.25, -0.2) is 9.59 Å². The number of amides is 3. The van der Waals surface area contributed by atoms with Crippen molar-refractivity contribution in [1.29, 1.82) is 0 Å². The molecule has 3 unspecified atom stereocenters. The van der Waals surface area contributed by atoms with Crippen molar-refractivity contribution in [3.05, 3.63) is 0 Å². The van der Waals surface area contributed by atoms with Gasteiger partial charge < -0.3 is 15.7 Å². The van der Waals surface area contributed by atoms with Crippen LogP contribution in [0.1, 0.15) is 26.2 Å². The van der Waals surface area contributed by atoms with Crippen LogP contribution in [-0.2, 0) is 9.59 Å². The number of nitrogens with zero attached hydrogens (tertiary/aromatic N) is 1. The van der Waals surface area contributed by atoms with Gasteiger partial charge in [-0.1, -0.05) is 13.3 Å². The van der Waals surface area contributed by atoms with E-state index in [0.29, 0.717) is 5.25 Å². The molecule has 118 valence electrons. The number of hydrogen-bond acceptors (Lipinski definition) is 4. The van der Waals surface area contributed by atoms with E-state index in [-0.39, 0.29) is 25.0 Å². The number of piperazine rings is 1. The van der Waals surface area contributed by atoms with Crippen LogP contribution in [0.5, 0.6) is 0 Å². The first-order valence-electron chi connectivity index (χ1n) is 7.21. The Morgan fingerprint density at radius 2 is 2.24 bits per heavy atom. The van der Waals surface area contributed by atoms with Gasteiger partial charge in [-0.3, -0.25) is 9.69 Å². The lowest BCUT2D eigenvalue weighted by atomic mass is 10.2. The fourth-order valence-electron chi connectivity index (χ4n) is 2.82. The molecular weight excluding hydrogens is 294 g/mol. The summed E-state index contributed by atoms with van der Waals surface area (Å²) in [5, 5.41) is 14.9. The summed E-state index contributed by atoms with van der Waals surface area (Å²) in [6.45, 7) is 1.83. The van der Waals surface area contributed by atoms with E-state index in [9.17, 15) is 14.4 Å². The fourth-order valence-corrected chi connectivity index (χ4v) is 4.02. The van der Waals surface area contributed by atoms with E-state index in [2.05, 4.69) is 17.6 Å². The van der Waals surface area contributed by atoms with Crippen LogP contribution in [0, 0.1) is 0 Å². The zero-order chi connectivity index (χ0) is 15.4. The van der Waals surface area contributed by atoms with Crippen LogP contribution in [0.3, 0.4) is 0 Å². The zero-order valence-corrected chi connectivity index (χ0v) is 12.8. The van der Waals surface area contributed by atoms with E-state index in [4.69, 9.17) is 5.11 Å². The Hall–Kier alpha value is -1.44. The third-order valence-electron chi connectivity index (χ3n) is 3.87. The van der Waals surface area contributed by atoms with Gasteiger partial charge in [0.05, 0.1) is 0 Å². The van der Waals surface area contributed by atoms with Crippen molar-refractivity contribution in [1.82, 2.24) is 15.5 Å². The maximum absolute atomic E-state index is 12.3. The molecule has 0 aromatic heterocycles. The van der Waals surface area contributed by atoms with Crippen LogP contribution < -0.4 is 10.6 Å². The summed E-state index contributed by atoms with van der Waals surface area (Å²) >= 11 is 1.81. The highest BCUT2D eigenvalue weighted by atomic mass is 32.2. The maximum Gasteiger partial charge on any atom is 0.328 e. The summed E-state index contributed by atoms with van der Waals surface area (Å²) in [4.78, 5) is 36.1. The summed E-state index contributed by atoms with van der Waals surface area (Å²) in [5.41, 5.74) is 0. The van der Waals surface area contributed by atoms with Crippen molar-refractivity contribution in [2.45, 2.75) is 43.5 Å². The normalized spacial score (nSPS) is 29.1. The number of urea groups is 1. The van der Waals surface area contributed by atoms with Gasteiger partial charge in [-0.05, 0) is 18.6 Å². The topological polar surface area (TPSA) is 98.7 Å². The molecule has 1 aliphatic heterocycles. The number of carbonyl (C=O) groups excluding carboxylic acids is 2. The highest BCUT2D eigenvalue weighted by Crippen LogP contribution is 2.30. The molecule has 3 N–H and O–H groups in total. The molecule has 1 saturated heterocycles. The average molecular weight is 315 g/mol. The Labute approximate surface area is 127 Å². The minimum Gasteiger partial charge on any atom is -0.480 e. The molecule has 3 amide bonds. The average Bonchev–Trinajstić information content (AvgIpc) is 2.86. The summed E-state index contributed by atoms with van der Waals surface area (Å²) in [5.74, 6) is -0.439. The van der Waals surface area contributed by atoms with E-state index < -0.39 is 18.0 Å². The van der Waals surface area contributed by atoms with Gasteiger partial charge in [0.1, 0.15) is 12.6 Å². The number of carboxylic acids is 1. The minimum absolute atomic E-state index is 0.0423. The molecule has 1 heterocycles. The summed E-state index contributed by atoms with van der Waals surface area (Å²) in [6, 6.07) is -1.39. The van der Waals surface area contributed by atoms with Crippen LogP contribution in [0.15, 0.2) is 0 Å². The van der Waals surface area contributed by atoms with Gasteiger partial charge in [0.15, 0.2) is 0 Å². The minimum atomic E-state index is -1.10. The molecule has 0 aromatic rings. The molecule has 2 rings (SSSR count). The second kappa shape index (κ2) is 7.02. The standard InChI is InChI=1S/C13H21N3O4S/c1-2-21-10-5-3-4-8(10)15-13(20)16-7-11(17)14-6-9(16)12(18)19/h8-10H,2-7H2,1H3,(H,14,17)(H,15,20)(H,18,19). The molecule has 0 spiro atoms. The highest BCUT2D eigenvalue weighted by molar-refractivity contribution is 7.99. The van der Waals surface area contributed by atoms with Crippen molar-refractivity contribution in [3.63, 3.8) is 0 Å². The number of hydrogen-bond donors (Lipinski definition) is 3. The second-order valence-corrected chi connectivity index (χ2v) is 6.78. The molecule has 0 bridgehead atoms. The predicted molar refractivity (Wildman–Crippen MR) is 79.2 cm³/mol. The molecule has 1 saturated carbocycles. The van der Waals surface area contributed by atoms with Crippen LogP contribution in [-0.4, -0.2) is 64.1 Å². The lowest BCUT2D eigenvalue weighted by Gasteiger charge is -2.34. The van der Waals surface area contributed by atoms with E-state index >= 15 is 0 Å². The third-order valence-corrected chi connectivity index (χ3v) is 5.20. The molecule has 2 aliphatic rings. The van der Waals surface area contributed by atoms with E-state index in [1.807, 2.05) is 11.8 Å². The number of carbonyl (C=O) groups is 3. The summed E-state index contributed by atoms with van der Waals surface area (Å²) < 4.78 is 0. The highest BCUT2D eigenvalue weighted by Gasteiger charge is 2.37. The number of nitrogens with one attached hydrogen (secondary N) is 2. The van der Waals surface area contributed by atoms with Crippen molar-refractivity contribution in [3.8, 4) is 0 Å². The first-order valence-corrected chi connectivity index (χ1v) is 8.26. The zero-order valence-electron chi connectivity index (χ0n) is 12.0. The molecule has 8 heteroatoms. The van der Waals surface area contributed by atoms with E-state index in [0.717, 1.165) is 29.9 Å². The van der Waals surface area contributed by atoms with E-state index in [1.165, 1.54) is 0 Å². The first kappa shape index (κ1) is 15.9. The van der Waals surface area contributed by atoms with Crippen molar-refractivity contribution >= 4 is 29.7 Å². The molecule has 0 aromatic carbocycles. The quantitative estimate of drug-likeness (QED) is 0.691. The van der Waals surface area contributed by atoms with Crippen LogP contribution in [0.2, 0.25) is 0 Å². The Morgan fingerprint density at radius 1 is 1.48 bits per heavy atom. The van der Waals surface area contributed by atoms with Crippen LogP contribution in [0.25, 0.3) is 0 Å². The molecule has 1 aliphatic carbocycles. The monoisotopic (exact) mass is 315 g/mol. The molecule has 3 atom stereocenters. The van der Waals surface area contributed by atoms with Crippen molar-refractivity contribution < 1.29 is 19.5 Å². The molecule has 0 radical (unpaired) electrons. The molecule has 7 nitrogen and oxygen atoms in total. The Kier molecular flexibility index (Phi) is 5.33. The summed E-state index contributed by atoms with van der Waals surface area (Å²) in [6.07, 6.45) is 3.03. The second-order valence-electron chi connectivity index (χ2n) is 5.27. The third kappa shape index (κ3) is 3.81. The maximum atomic E-state index is 12.3. The van der Waals surface area contributed by atoms with Gasteiger partial charge >= 0.3 is 12.0 Å². The van der Waals surface area contributed by atoms with Crippen molar-refractivity contribution in [2.75, 3.05) is 18.8 Å². The van der Waals surface area contributed by atoms with Gasteiger partial charge in [-0.15, -0.1) is 0 Å². The van der Waals surface area contributed by atoms with Gasteiger partial charge in [-0.2, -0.15) is 11.8 Å². The smallest absolute Gasteiger partial charge is 0.328 e. The Balaban J connectivity index is 2.00. The van der Waals surface area contributed by atoms with Gasteiger partial charge in [0, 0.05) is 17.8 Å². The van der Waals surface area contributed by atoms with Gasteiger partial charge in [0.25, 0.3) is 0 Å². The number of thioether (sulfide) groups is 1. The fraction of sp³-hybridized carbons (Fsp3) is 0.769. The lowest BCUT2D eigenvalue weighted by Crippen LogP contribution is -2.62. The largest absolute Gasteiger partial charge is 0.480 e. The molecule has 21 heavy (non-hydrogen) atoms. The van der Waals surface area contributed by atoms with Crippen molar-refractivity contribution in [2.24, 2.45) is 0 Å². The Bertz CT molecular complexity index is 432. The predicted octanol–water partition coefficient (Wildman–Crippen LogP) is 0.255. The van der Waals surface area contributed by atoms with Crippen LogP contribution in [0.4, 0.5) is 4.79 Å². The first-order chi connectivity index (χ1) is 10.0. The summed E-state index contributed by atoms with van der Waals surface area (Å²) in [7, 11) is 0. The molecule has 2 fully saturated rings.